The van der Waals surface area contributed by atoms with E-state index in [0.717, 1.165) is 44.2 Å². The van der Waals surface area contributed by atoms with Gasteiger partial charge in [0.05, 0.1) is 6.61 Å². The normalized spacial score (nSPS) is 15.2. The first-order chi connectivity index (χ1) is 9.60. The summed E-state index contributed by atoms with van der Waals surface area (Å²) in [7, 11) is 0. The lowest BCUT2D eigenvalue weighted by Crippen LogP contribution is -2.25. The summed E-state index contributed by atoms with van der Waals surface area (Å²) in [5.74, 6) is 2.57. The molecule has 0 amide bonds. The molecule has 1 unspecified atom stereocenters. The average Bonchev–Trinajstić information content (AvgIpc) is 2.83. The lowest BCUT2D eigenvalue weighted by atomic mass is 9.90. The molecule has 0 saturated carbocycles. The number of halogens is 1. The maximum atomic E-state index is 5.85. The topological polar surface area (TPSA) is 21.3 Å². The van der Waals surface area contributed by atoms with E-state index in [0.29, 0.717) is 5.92 Å². The summed E-state index contributed by atoms with van der Waals surface area (Å²) in [5.41, 5.74) is 2.73. The third-order valence-corrected chi connectivity index (χ3v) is 4.28. The molecule has 0 radical (unpaired) electrons. The summed E-state index contributed by atoms with van der Waals surface area (Å²) in [5, 5.41) is 3.50. The minimum atomic E-state index is 0.678. The predicted molar refractivity (Wildman–Crippen MR) is 88.5 cm³/mol. The third-order valence-electron chi connectivity index (χ3n) is 3.82. The van der Waals surface area contributed by atoms with Gasteiger partial charge in [0.15, 0.2) is 0 Å². The van der Waals surface area contributed by atoms with E-state index in [1.54, 1.807) is 0 Å². The molecule has 1 aliphatic rings. The van der Waals surface area contributed by atoms with Crippen LogP contribution in [0.1, 0.15) is 38.3 Å². The largest absolute Gasteiger partial charge is 0.493 e. The highest BCUT2D eigenvalue weighted by Crippen LogP contribution is 2.35. The van der Waals surface area contributed by atoms with Crippen LogP contribution in [-0.4, -0.2) is 19.7 Å². The third kappa shape index (κ3) is 4.23. The van der Waals surface area contributed by atoms with Crippen LogP contribution in [0.4, 0.5) is 0 Å². The van der Waals surface area contributed by atoms with Crippen molar-refractivity contribution in [2.24, 2.45) is 11.8 Å². The summed E-state index contributed by atoms with van der Waals surface area (Å²) in [4.78, 5) is 0. The summed E-state index contributed by atoms with van der Waals surface area (Å²) >= 11 is 3.64. The highest BCUT2D eigenvalue weighted by molar-refractivity contribution is 9.10. The molecule has 3 heteroatoms. The molecule has 1 aromatic rings. The highest BCUT2D eigenvalue weighted by Gasteiger charge is 2.20. The first-order valence-electron chi connectivity index (χ1n) is 7.75. The van der Waals surface area contributed by atoms with Crippen molar-refractivity contribution in [3.8, 4) is 5.75 Å². The maximum absolute atomic E-state index is 5.85. The molecule has 0 spiro atoms. The Bertz CT molecular complexity index is 445. The second kappa shape index (κ2) is 7.46. The van der Waals surface area contributed by atoms with Crippen LogP contribution in [0.25, 0.3) is 0 Å². The summed E-state index contributed by atoms with van der Waals surface area (Å²) < 4.78 is 7.04. The van der Waals surface area contributed by atoms with E-state index in [2.05, 4.69) is 54.2 Å². The molecular formula is C17H26BrNO. The smallest absolute Gasteiger partial charge is 0.125 e. The van der Waals surface area contributed by atoms with Gasteiger partial charge in [0.2, 0.25) is 0 Å². The number of benzene rings is 1. The fourth-order valence-electron chi connectivity index (χ4n) is 3.06. The monoisotopic (exact) mass is 339 g/mol. The Kier molecular flexibility index (Phi) is 5.91. The molecule has 0 bridgehead atoms. The van der Waals surface area contributed by atoms with Crippen molar-refractivity contribution in [3.63, 3.8) is 0 Å². The fraction of sp³-hybridized carbons (Fsp3) is 0.647. The van der Waals surface area contributed by atoms with E-state index in [9.17, 15) is 0 Å². The van der Waals surface area contributed by atoms with Crippen LogP contribution in [0.15, 0.2) is 16.6 Å². The van der Waals surface area contributed by atoms with Crippen LogP contribution in [0.2, 0.25) is 0 Å². The Morgan fingerprint density at radius 3 is 2.85 bits per heavy atom. The minimum absolute atomic E-state index is 0.678. The van der Waals surface area contributed by atoms with Crippen LogP contribution in [0, 0.1) is 11.8 Å². The van der Waals surface area contributed by atoms with Crippen molar-refractivity contribution >= 4 is 15.9 Å². The van der Waals surface area contributed by atoms with Crippen LogP contribution >= 0.6 is 15.9 Å². The zero-order valence-electron chi connectivity index (χ0n) is 12.8. The Morgan fingerprint density at radius 2 is 2.15 bits per heavy atom. The molecule has 1 N–H and O–H groups in total. The Hall–Kier alpha value is -0.540. The Labute approximate surface area is 131 Å². The second-order valence-electron chi connectivity index (χ2n) is 6.16. The van der Waals surface area contributed by atoms with Gasteiger partial charge in [-0.15, -0.1) is 0 Å². The van der Waals surface area contributed by atoms with Gasteiger partial charge < -0.3 is 10.1 Å². The Balaban J connectivity index is 2.13. The number of ether oxygens (including phenoxy) is 1. The zero-order chi connectivity index (χ0) is 14.5. The number of rotatable bonds is 7. The molecule has 1 atom stereocenters. The summed E-state index contributed by atoms with van der Waals surface area (Å²) in [6, 6.07) is 4.44. The highest BCUT2D eigenvalue weighted by atomic mass is 79.9. The maximum Gasteiger partial charge on any atom is 0.125 e. The molecule has 0 fully saturated rings. The van der Waals surface area contributed by atoms with Gasteiger partial charge in [0.25, 0.3) is 0 Å². The van der Waals surface area contributed by atoms with Crippen molar-refractivity contribution in [1.29, 1.82) is 0 Å². The molecular weight excluding hydrogens is 314 g/mol. The molecule has 1 aromatic carbocycles. The average molecular weight is 340 g/mol. The van der Waals surface area contributed by atoms with Crippen LogP contribution in [-0.2, 0) is 12.8 Å². The molecule has 0 saturated heterocycles. The molecule has 0 aliphatic carbocycles. The van der Waals surface area contributed by atoms with Gasteiger partial charge >= 0.3 is 0 Å². The van der Waals surface area contributed by atoms with Crippen molar-refractivity contribution in [3.05, 3.63) is 27.7 Å². The Morgan fingerprint density at radius 1 is 1.35 bits per heavy atom. The van der Waals surface area contributed by atoms with Gasteiger partial charge in [0.1, 0.15) is 5.75 Å². The zero-order valence-corrected chi connectivity index (χ0v) is 14.4. The lowest BCUT2D eigenvalue weighted by molar-refractivity contribution is 0.344. The van der Waals surface area contributed by atoms with Gasteiger partial charge in [0, 0.05) is 10.9 Å². The number of fused-ring (bicyclic) bond motifs is 1. The van der Waals surface area contributed by atoms with Crippen LogP contribution < -0.4 is 10.1 Å². The van der Waals surface area contributed by atoms with E-state index in [4.69, 9.17) is 4.74 Å². The lowest BCUT2D eigenvalue weighted by Gasteiger charge is -2.21. The number of nitrogens with one attached hydrogen (secondary N) is 1. The number of hydrogen-bond donors (Lipinski definition) is 1. The van der Waals surface area contributed by atoms with Crippen molar-refractivity contribution in [2.45, 2.75) is 40.0 Å². The molecule has 112 valence electrons. The summed E-state index contributed by atoms with van der Waals surface area (Å²) in [6.07, 6.45) is 3.41. The second-order valence-corrected chi connectivity index (χ2v) is 7.07. The van der Waals surface area contributed by atoms with Gasteiger partial charge in [-0.05, 0) is 61.0 Å². The number of hydrogen-bond acceptors (Lipinski definition) is 2. The van der Waals surface area contributed by atoms with Gasteiger partial charge in [-0.2, -0.15) is 0 Å². The first-order valence-corrected chi connectivity index (χ1v) is 8.54. The van der Waals surface area contributed by atoms with E-state index in [1.165, 1.54) is 22.0 Å². The van der Waals surface area contributed by atoms with Crippen molar-refractivity contribution in [1.82, 2.24) is 5.32 Å². The van der Waals surface area contributed by atoms with Crippen LogP contribution in [0.5, 0.6) is 5.75 Å². The van der Waals surface area contributed by atoms with E-state index in [-0.39, 0.29) is 0 Å². The SMILES string of the molecule is CCNCC(Cc1cc(Br)cc2c1OCC2)CC(C)C. The van der Waals surface area contributed by atoms with Gasteiger partial charge in [-0.1, -0.05) is 36.7 Å². The predicted octanol–water partition coefficient (Wildman–Crippen LogP) is 4.20. The van der Waals surface area contributed by atoms with E-state index in [1.807, 2.05) is 0 Å². The molecule has 1 aliphatic heterocycles. The van der Waals surface area contributed by atoms with E-state index < -0.39 is 0 Å². The quantitative estimate of drug-likeness (QED) is 0.803. The summed E-state index contributed by atoms with van der Waals surface area (Å²) in [6.45, 7) is 9.76. The molecule has 1 heterocycles. The van der Waals surface area contributed by atoms with Crippen molar-refractivity contribution in [2.75, 3.05) is 19.7 Å². The first kappa shape index (κ1) is 15.8. The molecule has 2 nitrogen and oxygen atoms in total. The molecule has 0 aromatic heterocycles. The van der Waals surface area contributed by atoms with Gasteiger partial charge in [-0.25, -0.2) is 0 Å². The fourth-order valence-corrected chi connectivity index (χ4v) is 3.62. The van der Waals surface area contributed by atoms with Crippen molar-refractivity contribution < 1.29 is 4.74 Å². The van der Waals surface area contributed by atoms with Crippen LogP contribution in [0.3, 0.4) is 0 Å². The molecule has 20 heavy (non-hydrogen) atoms. The van der Waals surface area contributed by atoms with E-state index >= 15 is 0 Å². The van der Waals surface area contributed by atoms with Gasteiger partial charge in [-0.3, -0.25) is 0 Å². The molecule has 2 rings (SSSR count). The minimum Gasteiger partial charge on any atom is -0.493 e. The standard InChI is InChI=1S/C17H26BrNO/c1-4-19-11-13(7-12(2)3)8-15-10-16(18)9-14-5-6-20-17(14)15/h9-10,12-13,19H,4-8,11H2,1-3H3.